The summed E-state index contributed by atoms with van der Waals surface area (Å²) in [6, 6.07) is 19.4. The van der Waals surface area contributed by atoms with Gasteiger partial charge in [0.1, 0.15) is 11.2 Å². The van der Waals surface area contributed by atoms with Crippen LogP contribution in [0.15, 0.2) is 54.6 Å². The van der Waals surface area contributed by atoms with E-state index in [1.54, 1.807) is 0 Å². The molecule has 3 aromatic rings. The second kappa shape index (κ2) is 15.1. The number of ether oxygens (including phenoxy) is 3. The molecule has 0 spiro atoms. The summed E-state index contributed by atoms with van der Waals surface area (Å²) in [5.74, 6) is 2.97. The van der Waals surface area contributed by atoms with Gasteiger partial charge in [-0.25, -0.2) is 0 Å². The first-order valence-electron chi connectivity index (χ1n) is 19.2. The van der Waals surface area contributed by atoms with Crippen LogP contribution in [-0.4, -0.2) is 29.7 Å². The molecule has 3 aromatic carbocycles. The third-order valence-electron chi connectivity index (χ3n) is 12.5. The fraction of sp³-hybridized carbons (Fsp3) is 0.636. The van der Waals surface area contributed by atoms with Crippen molar-refractivity contribution in [3.05, 3.63) is 60.2 Å². The zero-order valence-electron chi connectivity index (χ0n) is 31.8. The van der Waals surface area contributed by atoms with Gasteiger partial charge in [-0.05, 0) is 155 Å². The number of carbonyl (C=O) groups is 2. The van der Waals surface area contributed by atoms with Crippen molar-refractivity contribution in [2.24, 2.45) is 35.0 Å². The molecule has 7 rings (SSSR count). The summed E-state index contributed by atoms with van der Waals surface area (Å²) in [5.41, 5.74) is 0.165. The lowest BCUT2D eigenvalue weighted by Crippen LogP contribution is -2.60. The van der Waals surface area contributed by atoms with E-state index in [-0.39, 0.29) is 35.0 Å². The van der Waals surface area contributed by atoms with Gasteiger partial charge in [0.2, 0.25) is 0 Å². The minimum Gasteiger partial charge on any atom is -0.459 e. The fourth-order valence-electron chi connectivity index (χ4n) is 8.63. The molecule has 2 atom stereocenters. The zero-order chi connectivity index (χ0) is 35.6. The van der Waals surface area contributed by atoms with Crippen LogP contribution in [-0.2, 0) is 23.8 Å². The highest BCUT2D eigenvalue weighted by molar-refractivity contribution is 5.98. The lowest BCUT2D eigenvalue weighted by molar-refractivity contribution is -0.218. The van der Waals surface area contributed by atoms with Gasteiger partial charge in [-0.1, -0.05) is 64.1 Å². The molecule has 4 aliphatic carbocycles. The smallest absolute Gasteiger partial charge is 0.312 e. The van der Waals surface area contributed by atoms with E-state index < -0.39 is 5.60 Å². The molecule has 5 nitrogen and oxygen atoms in total. The molecule has 268 valence electrons. The van der Waals surface area contributed by atoms with Crippen LogP contribution in [0.4, 0.5) is 0 Å². The van der Waals surface area contributed by atoms with Gasteiger partial charge in [-0.15, -0.1) is 0 Å². The number of esters is 2. The van der Waals surface area contributed by atoms with Crippen LogP contribution < -0.4 is 0 Å². The number of hydrogen-bond acceptors (Lipinski definition) is 5. The first kappa shape index (κ1) is 37.3. The normalized spacial score (nSPS) is 25.8. The van der Waals surface area contributed by atoms with E-state index in [0.29, 0.717) is 24.9 Å². The highest BCUT2D eigenvalue weighted by Gasteiger charge is 2.59. The van der Waals surface area contributed by atoms with Crippen molar-refractivity contribution in [2.45, 2.75) is 137 Å². The average Bonchev–Trinajstić information content (AvgIpc) is 3.07. The van der Waals surface area contributed by atoms with E-state index in [9.17, 15) is 9.59 Å². The van der Waals surface area contributed by atoms with Crippen molar-refractivity contribution >= 4 is 33.5 Å². The number of benzene rings is 3. The third-order valence-corrected chi connectivity index (χ3v) is 12.5. The Hall–Kier alpha value is -2.92. The minimum atomic E-state index is -0.525. The molecule has 0 heterocycles. The molecule has 2 unspecified atom stereocenters. The fourth-order valence-corrected chi connectivity index (χ4v) is 8.63. The van der Waals surface area contributed by atoms with E-state index in [0.717, 1.165) is 36.7 Å². The van der Waals surface area contributed by atoms with E-state index in [2.05, 4.69) is 75.4 Å². The van der Waals surface area contributed by atoms with Crippen molar-refractivity contribution in [3.8, 4) is 0 Å². The Kier molecular flexibility index (Phi) is 11.5. The first-order valence-corrected chi connectivity index (χ1v) is 19.2. The maximum atomic E-state index is 12.6. The molecule has 0 radical (unpaired) electrons. The first-order chi connectivity index (χ1) is 23.2. The Morgan fingerprint density at radius 1 is 0.796 bits per heavy atom. The van der Waals surface area contributed by atoms with Crippen molar-refractivity contribution in [2.75, 3.05) is 6.61 Å². The number of hydrogen-bond donors (Lipinski definition) is 0. The summed E-state index contributed by atoms with van der Waals surface area (Å²) in [5, 5.41) is 4.96. The van der Waals surface area contributed by atoms with E-state index in [4.69, 9.17) is 14.2 Å². The van der Waals surface area contributed by atoms with Gasteiger partial charge in [-0.3, -0.25) is 9.59 Å². The molecular formula is C44H62O5. The predicted molar refractivity (Wildman–Crippen MR) is 200 cm³/mol. The van der Waals surface area contributed by atoms with Crippen LogP contribution in [0, 0.1) is 35.0 Å². The van der Waals surface area contributed by atoms with Crippen LogP contribution >= 0.6 is 0 Å². The van der Waals surface area contributed by atoms with Crippen molar-refractivity contribution in [3.63, 3.8) is 0 Å². The van der Waals surface area contributed by atoms with Crippen LogP contribution in [0.3, 0.4) is 0 Å². The van der Waals surface area contributed by atoms with Gasteiger partial charge in [0.05, 0.1) is 24.0 Å². The van der Waals surface area contributed by atoms with Crippen LogP contribution in [0.25, 0.3) is 21.5 Å². The van der Waals surface area contributed by atoms with Gasteiger partial charge >= 0.3 is 11.9 Å². The van der Waals surface area contributed by atoms with Crippen LogP contribution in [0.1, 0.15) is 132 Å². The molecule has 49 heavy (non-hydrogen) atoms. The molecule has 4 aliphatic rings. The van der Waals surface area contributed by atoms with Gasteiger partial charge in [0, 0.05) is 6.42 Å². The minimum absolute atomic E-state index is 0.0214. The molecule has 4 fully saturated rings. The topological polar surface area (TPSA) is 61.8 Å². The Bertz CT molecular complexity index is 1570. The molecule has 4 saturated carbocycles. The SMILES string of the molecule is CCC(C)(C)C(=O)OC1(CC)C2CC3CC(C2)CC1C3.CCC(C)C(=O)OC(C)(C)CCOC(C)c1ccc2cc3ccccc3cc2c1. The monoisotopic (exact) mass is 670 g/mol. The summed E-state index contributed by atoms with van der Waals surface area (Å²) in [6.45, 7) is 18.8. The highest BCUT2D eigenvalue weighted by atomic mass is 16.6. The maximum Gasteiger partial charge on any atom is 0.312 e. The van der Waals surface area contributed by atoms with Gasteiger partial charge < -0.3 is 14.2 Å². The summed E-state index contributed by atoms with van der Waals surface area (Å²) in [6.07, 6.45) is 9.97. The largest absolute Gasteiger partial charge is 0.459 e. The standard InChI is InChI=1S/C26H32O3.C18H30O2/c1-6-18(2)25(27)29-26(4,5)13-14-28-19(3)20-11-12-23-16-21-9-7-8-10-22(21)17-24(23)15-20;1-5-17(3,4)16(19)20-18(6-2)14-8-12-7-13(10-14)11-15(18)9-12/h7-12,15-19H,6,13-14H2,1-5H3;12-15H,5-11H2,1-4H3. The number of rotatable bonds is 12. The molecule has 4 bridgehead atoms. The van der Waals surface area contributed by atoms with Crippen LogP contribution in [0.2, 0.25) is 0 Å². The van der Waals surface area contributed by atoms with E-state index >= 15 is 0 Å². The van der Waals surface area contributed by atoms with E-state index in [1.807, 2.05) is 41.5 Å². The van der Waals surface area contributed by atoms with Gasteiger partial charge in [-0.2, -0.15) is 0 Å². The summed E-state index contributed by atoms with van der Waals surface area (Å²) < 4.78 is 18.0. The molecule has 0 N–H and O–H groups in total. The molecule has 0 saturated heterocycles. The van der Waals surface area contributed by atoms with Crippen LogP contribution in [0.5, 0.6) is 0 Å². The molecular weight excluding hydrogens is 608 g/mol. The average molecular weight is 671 g/mol. The van der Waals surface area contributed by atoms with Crippen molar-refractivity contribution in [1.82, 2.24) is 0 Å². The van der Waals surface area contributed by atoms with Gasteiger partial charge in [0.15, 0.2) is 0 Å². The summed E-state index contributed by atoms with van der Waals surface area (Å²) >= 11 is 0. The molecule has 0 aromatic heterocycles. The van der Waals surface area contributed by atoms with Crippen molar-refractivity contribution < 1.29 is 23.8 Å². The summed E-state index contributed by atoms with van der Waals surface area (Å²) in [7, 11) is 0. The quantitative estimate of drug-likeness (QED) is 0.142. The Morgan fingerprint density at radius 3 is 1.92 bits per heavy atom. The third kappa shape index (κ3) is 8.35. The number of carbonyl (C=O) groups excluding carboxylic acids is 2. The second-order valence-corrected chi connectivity index (χ2v) is 16.8. The molecule has 5 heteroatoms. The van der Waals surface area contributed by atoms with Gasteiger partial charge in [0.25, 0.3) is 0 Å². The zero-order valence-corrected chi connectivity index (χ0v) is 31.8. The lowest BCUT2D eigenvalue weighted by Gasteiger charge is -2.60. The predicted octanol–water partition coefficient (Wildman–Crippen LogP) is 11.4. The summed E-state index contributed by atoms with van der Waals surface area (Å²) in [4.78, 5) is 24.7. The van der Waals surface area contributed by atoms with Crippen molar-refractivity contribution in [1.29, 1.82) is 0 Å². The maximum absolute atomic E-state index is 12.6. The lowest BCUT2D eigenvalue weighted by atomic mass is 9.49. The Labute approximate surface area is 295 Å². The Morgan fingerprint density at radius 2 is 1.37 bits per heavy atom. The van der Waals surface area contributed by atoms with E-state index in [1.165, 1.54) is 53.6 Å². The highest BCUT2D eigenvalue weighted by Crippen LogP contribution is 2.61. The molecule has 0 aliphatic heterocycles. The molecule has 0 amide bonds. The Balaban J connectivity index is 0.000000204. The number of fused-ring (bicyclic) bond motifs is 2. The second-order valence-electron chi connectivity index (χ2n) is 16.8.